The summed E-state index contributed by atoms with van der Waals surface area (Å²) in [5.74, 6) is 0.880. The fraction of sp³-hybridized carbons (Fsp3) is 0.412. The number of rotatable bonds is 4. The van der Waals surface area contributed by atoms with E-state index >= 15 is 0 Å². The molecular weight excluding hydrogens is 312 g/mol. The Kier molecular flexibility index (Phi) is 4.35. The second kappa shape index (κ2) is 6.28. The Morgan fingerprint density at radius 2 is 2.13 bits per heavy atom. The molecule has 0 N–H and O–H groups in total. The van der Waals surface area contributed by atoms with Gasteiger partial charge in [-0.25, -0.2) is 0 Å². The van der Waals surface area contributed by atoms with Gasteiger partial charge in [0.05, 0.1) is 11.4 Å². The van der Waals surface area contributed by atoms with Gasteiger partial charge in [0, 0.05) is 28.6 Å². The molecule has 1 aliphatic rings. The molecule has 2 heterocycles. The number of benzene rings is 1. The van der Waals surface area contributed by atoms with Crippen molar-refractivity contribution < 1.29 is 13.5 Å². The first-order valence-electron chi connectivity index (χ1n) is 7.67. The largest absolute Gasteiger partial charge is 0.361 e. The van der Waals surface area contributed by atoms with Gasteiger partial charge in [0.15, 0.2) is 0 Å². The zero-order valence-electron chi connectivity index (χ0n) is 13.5. The molecule has 0 saturated carbocycles. The molecule has 122 valence electrons. The SMILES string of the molecule is Cc1noc(C)c1C[S@](=O)[C@H](C)C(=O)N1CCc2ccccc21. The predicted molar refractivity (Wildman–Crippen MR) is 89.8 cm³/mol. The van der Waals surface area contributed by atoms with Crippen LogP contribution in [-0.2, 0) is 27.8 Å². The van der Waals surface area contributed by atoms with E-state index in [1.807, 2.05) is 31.2 Å². The molecule has 1 aliphatic heterocycles. The van der Waals surface area contributed by atoms with Crippen molar-refractivity contribution in [1.82, 2.24) is 5.16 Å². The number of hydrogen-bond acceptors (Lipinski definition) is 4. The van der Waals surface area contributed by atoms with Gasteiger partial charge < -0.3 is 9.42 Å². The molecule has 2 aromatic rings. The number of amides is 1. The van der Waals surface area contributed by atoms with Crippen LogP contribution in [0.4, 0.5) is 5.69 Å². The maximum Gasteiger partial charge on any atom is 0.242 e. The lowest BCUT2D eigenvalue weighted by Crippen LogP contribution is -2.39. The Labute approximate surface area is 138 Å². The third-order valence-electron chi connectivity index (χ3n) is 4.36. The van der Waals surface area contributed by atoms with Crippen LogP contribution in [0.3, 0.4) is 0 Å². The number of fused-ring (bicyclic) bond motifs is 1. The molecule has 0 fully saturated rings. The average molecular weight is 332 g/mol. The number of hydrogen-bond donors (Lipinski definition) is 0. The summed E-state index contributed by atoms with van der Waals surface area (Å²) in [4.78, 5) is 14.5. The molecule has 0 aliphatic carbocycles. The molecule has 0 saturated heterocycles. The summed E-state index contributed by atoms with van der Waals surface area (Å²) in [5.41, 5.74) is 3.69. The Morgan fingerprint density at radius 3 is 2.83 bits per heavy atom. The number of anilines is 1. The normalized spacial score (nSPS) is 16.2. The highest BCUT2D eigenvalue weighted by atomic mass is 32.2. The molecule has 23 heavy (non-hydrogen) atoms. The molecule has 1 amide bonds. The van der Waals surface area contributed by atoms with E-state index in [0.29, 0.717) is 18.1 Å². The summed E-state index contributed by atoms with van der Waals surface area (Å²) in [7, 11) is -1.31. The summed E-state index contributed by atoms with van der Waals surface area (Å²) in [6.07, 6.45) is 0.852. The summed E-state index contributed by atoms with van der Waals surface area (Å²) < 4.78 is 17.7. The standard InChI is InChI=1S/C17H20N2O3S/c1-11-15(12(2)22-18-11)10-23(21)13(3)17(20)19-9-8-14-6-4-5-7-16(14)19/h4-7,13H,8-10H2,1-3H3/t13-,23+/m1/s1. The molecule has 0 bridgehead atoms. The van der Waals surface area contributed by atoms with Crippen molar-refractivity contribution >= 4 is 22.4 Å². The lowest BCUT2D eigenvalue weighted by Gasteiger charge is -2.21. The zero-order chi connectivity index (χ0) is 16.6. The van der Waals surface area contributed by atoms with Crippen LogP contribution in [-0.4, -0.2) is 27.1 Å². The van der Waals surface area contributed by atoms with Gasteiger partial charge in [0.2, 0.25) is 5.91 Å². The van der Waals surface area contributed by atoms with Gasteiger partial charge in [-0.05, 0) is 38.8 Å². The van der Waals surface area contributed by atoms with E-state index in [1.54, 1.807) is 18.7 Å². The molecule has 1 aromatic carbocycles. The molecule has 1 aromatic heterocycles. The van der Waals surface area contributed by atoms with Gasteiger partial charge in [-0.1, -0.05) is 23.4 Å². The van der Waals surface area contributed by atoms with Crippen molar-refractivity contribution in [3.63, 3.8) is 0 Å². The molecular formula is C17H20N2O3S. The van der Waals surface area contributed by atoms with Gasteiger partial charge in [-0.3, -0.25) is 9.00 Å². The van der Waals surface area contributed by atoms with Crippen molar-refractivity contribution in [2.24, 2.45) is 0 Å². The van der Waals surface area contributed by atoms with Gasteiger partial charge in [0.25, 0.3) is 0 Å². The van der Waals surface area contributed by atoms with E-state index in [0.717, 1.165) is 23.4 Å². The van der Waals surface area contributed by atoms with Crippen molar-refractivity contribution in [1.29, 1.82) is 0 Å². The fourth-order valence-electron chi connectivity index (χ4n) is 2.87. The Morgan fingerprint density at radius 1 is 1.39 bits per heavy atom. The lowest BCUT2D eigenvalue weighted by molar-refractivity contribution is -0.117. The summed E-state index contributed by atoms with van der Waals surface area (Å²) in [6, 6.07) is 7.89. The number of carbonyl (C=O) groups excluding carboxylic acids is 1. The van der Waals surface area contributed by atoms with E-state index in [2.05, 4.69) is 5.16 Å². The number of para-hydroxylation sites is 1. The molecule has 0 radical (unpaired) electrons. The van der Waals surface area contributed by atoms with Gasteiger partial charge in [0.1, 0.15) is 11.0 Å². The summed E-state index contributed by atoms with van der Waals surface area (Å²) in [6.45, 7) is 6.02. The van der Waals surface area contributed by atoms with Crippen LogP contribution in [0, 0.1) is 13.8 Å². The summed E-state index contributed by atoms with van der Waals surface area (Å²) in [5, 5.41) is 3.32. The third kappa shape index (κ3) is 2.95. The molecule has 6 heteroatoms. The number of nitrogens with zero attached hydrogens (tertiary/aromatic N) is 2. The van der Waals surface area contributed by atoms with Crippen LogP contribution in [0.1, 0.15) is 29.5 Å². The van der Waals surface area contributed by atoms with Crippen LogP contribution < -0.4 is 4.90 Å². The molecule has 5 nitrogen and oxygen atoms in total. The van der Waals surface area contributed by atoms with Crippen molar-refractivity contribution in [2.75, 3.05) is 11.4 Å². The van der Waals surface area contributed by atoms with Crippen LogP contribution in [0.5, 0.6) is 0 Å². The Bertz CT molecular complexity index is 749. The quantitative estimate of drug-likeness (QED) is 0.863. The third-order valence-corrected chi connectivity index (χ3v) is 5.93. The number of aryl methyl sites for hydroxylation is 2. The van der Waals surface area contributed by atoms with Gasteiger partial charge in [-0.15, -0.1) is 0 Å². The van der Waals surface area contributed by atoms with Gasteiger partial charge in [-0.2, -0.15) is 0 Å². The summed E-state index contributed by atoms with van der Waals surface area (Å²) >= 11 is 0. The minimum Gasteiger partial charge on any atom is -0.361 e. The first kappa shape index (κ1) is 15.9. The number of aromatic nitrogens is 1. The van der Waals surface area contributed by atoms with Gasteiger partial charge >= 0.3 is 0 Å². The second-order valence-corrected chi connectivity index (χ2v) is 7.60. The lowest BCUT2D eigenvalue weighted by atomic mass is 10.2. The van der Waals surface area contributed by atoms with Crippen molar-refractivity contribution in [2.45, 2.75) is 38.2 Å². The number of carbonyl (C=O) groups is 1. The molecule has 2 atom stereocenters. The van der Waals surface area contributed by atoms with E-state index in [4.69, 9.17) is 4.52 Å². The average Bonchev–Trinajstić information content (AvgIpc) is 3.11. The monoisotopic (exact) mass is 332 g/mol. The maximum absolute atomic E-state index is 12.7. The maximum atomic E-state index is 12.7. The predicted octanol–water partition coefficient (Wildman–Crippen LogP) is 2.52. The fourth-order valence-corrected chi connectivity index (χ4v) is 4.17. The zero-order valence-corrected chi connectivity index (χ0v) is 14.4. The topological polar surface area (TPSA) is 63.4 Å². The van der Waals surface area contributed by atoms with E-state index in [1.165, 1.54) is 5.56 Å². The second-order valence-electron chi connectivity index (χ2n) is 5.84. The first-order valence-corrected chi connectivity index (χ1v) is 9.05. The van der Waals surface area contributed by atoms with Crippen molar-refractivity contribution in [3.8, 4) is 0 Å². The minimum absolute atomic E-state index is 0.0833. The highest BCUT2D eigenvalue weighted by molar-refractivity contribution is 7.85. The molecule has 0 unspecified atom stereocenters. The van der Waals surface area contributed by atoms with E-state index in [9.17, 15) is 9.00 Å². The van der Waals surface area contributed by atoms with Crippen LogP contribution in [0.2, 0.25) is 0 Å². The smallest absolute Gasteiger partial charge is 0.242 e. The van der Waals surface area contributed by atoms with E-state index < -0.39 is 16.0 Å². The minimum atomic E-state index is -1.31. The van der Waals surface area contributed by atoms with Crippen LogP contribution in [0.15, 0.2) is 28.8 Å². The van der Waals surface area contributed by atoms with Crippen molar-refractivity contribution in [3.05, 3.63) is 46.8 Å². The van der Waals surface area contributed by atoms with Crippen LogP contribution in [0.25, 0.3) is 0 Å². The Balaban J connectivity index is 1.74. The molecule has 3 rings (SSSR count). The highest BCUT2D eigenvalue weighted by Crippen LogP contribution is 2.28. The highest BCUT2D eigenvalue weighted by Gasteiger charge is 2.31. The molecule has 0 spiro atoms. The Hall–Kier alpha value is -1.95. The first-order chi connectivity index (χ1) is 11.0. The van der Waals surface area contributed by atoms with Crippen LogP contribution >= 0.6 is 0 Å². The van der Waals surface area contributed by atoms with E-state index in [-0.39, 0.29) is 5.91 Å².